The number of likely N-dealkylation sites (N-methyl/N-ethyl adjacent to an activating group) is 1. The first-order valence-electron chi connectivity index (χ1n) is 6.92. The molecule has 0 amide bonds. The lowest BCUT2D eigenvalue weighted by molar-refractivity contribution is 0.480. The Labute approximate surface area is 128 Å². The molecule has 0 fully saturated rings. The van der Waals surface area contributed by atoms with Crippen molar-refractivity contribution in [1.82, 2.24) is 15.1 Å². The van der Waals surface area contributed by atoms with E-state index in [1.54, 1.807) is 0 Å². The van der Waals surface area contributed by atoms with E-state index in [1.165, 1.54) is 11.3 Å². The molecular weight excluding hydrogens is 318 g/mol. The molecule has 4 nitrogen and oxygen atoms in total. The summed E-state index contributed by atoms with van der Waals surface area (Å²) in [6.45, 7) is 9.07. The predicted molar refractivity (Wildman–Crippen MR) is 83.9 cm³/mol. The van der Waals surface area contributed by atoms with Crippen molar-refractivity contribution in [3.63, 3.8) is 0 Å². The van der Waals surface area contributed by atoms with E-state index in [-0.39, 0.29) is 6.04 Å². The van der Waals surface area contributed by atoms with Crippen LogP contribution in [0.2, 0.25) is 0 Å². The average Bonchev–Trinajstić information content (AvgIpc) is 2.82. The lowest BCUT2D eigenvalue weighted by Crippen LogP contribution is -2.24. The Morgan fingerprint density at radius 3 is 2.55 bits per heavy atom. The van der Waals surface area contributed by atoms with Gasteiger partial charge in [-0.2, -0.15) is 5.10 Å². The van der Waals surface area contributed by atoms with Crippen LogP contribution < -0.4 is 5.32 Å². The van der Waals surface area contributed by atoms with Gasteiger partial charge in [-0.15, -0.1) is 0 Å². The van der Waals surface area contributed by atoms with E-state index in [0.717, 1.165) is 34.7 Å². The third kappa shape index (κ3) is 2.99. The molecular formula is C15H22BrN3O. The number of hydrogen-bond acceptors (Lipinski definition) is 3. The highest BCUT2D eigenvalue weighted by molar-refractivity contribution is 9.10. The molecule has 20 heavy (non-hydrogen) atoms. The second kappa shape index (κ2) is 6.14. The van der Waals surface area contributed by atoms with Crippen LogP contribution in [0, 0.1) is 20.8 Å². The highest BCUT2D eigenvalue weighted by Crippen LogP contribution is 2.28. The Kier molecular flexibility index (Phi) is 4.70. The molecule has 0 aliphatic carbocycles. The maximum Gasteiger partial charge on any atom is 0.105 e. The maximum atomic E-state index is 5.67. The van der Waals surface area contributed by atoms with Crippen molar-refractivity contribution in [1.29, 1.82) is 0 Å². The van der Waals surface area contributed by atoms with Gasteiger partial charge < -0.3 is 9.73 Å². The van der Waals surface area contributed by atoms with E-state index >= 15 is 0 Å². The molecule has 2 heterocycles. The second-order valence-corrected chi connectivity index (χ2v) is 5.95. The molecule has 2 rings (SSSR count). The van der Waals surface area contributed by atoms with Crippen molar-refractivity contribution in [2.75, 3.05) is 6.54 Å². The Hall–Kier alpha value is -1.07. The van der Waals surface area contributed by atoms with Crippen LogP contribution in [0.25, 0.3) is 0 Å². The predicted octanol–water partition coefficient (Wildman–Crippen LogP) is 3.59. The van der Waals surface area contributed by atoms with E-state index in [4.69, 9.17) is 4.42 Å². The van der Waals surface area contributed by atoms with Gasteiger partial charge in [0.25, 0.3) is 0 Å². The maximum absolute atomic E-state index is 5.67. The summed E-state index contributed by atoms with van der Waals surface area (Å²) in [7, 11) is 1.99. The molecule has 2 aromatic heterocycles. The zero-order chi connectivity index (χ0) is 14.9. The molecule has 2 aromatic rings. The van der Waals surface area contributed by atoms with Crippen LogP contribution in [0.1, 0.15) is 41.4 Å². The number of aromatic nitrogens is 2. The minimum absolute atomic E-state index is 0.239. The first-order chi connectivity index (χ1) is 9.43. The van der Waals surface area contributed by atoms with Crippen LogP contribution in [0.5, 0.6) is 0 Å². The summed E-state index contributed by atoms with van der Waals surface area (Å²) >= 11 is 3.64. The Morgan fingerprint density at radius 1 is 1.40 bits per heavy atom. The lowest BCUT2D eigenvalue weighted by atomic mass is 10.0. The Morgan fingerprint density at radius 2 is 2.10 bits per heavy atom. The van der Waals surface area contributed by atoms with Gasteiger partial charge in [0.1, 0.15) is 11.5 Å². The third-order valence-corrected chi connectivity index (χ3v) is 4.60. The third-order valence-electron chi connectivity index (χ3n) is 3.56. The molecule has 0 radical (unpaired) electrons. The molecule has 0 aliphatic heterocycles. The van der Waals surface area contributed by atoms with Crippen LogP contribution in [0.3, 0.4) is 0 Å². The van der Waals surface area contributed by atoms with E-state index in [0.29, 0.717) is 0 Å². The van der Waals surface area contributed by atoms with Gasteiger partial charge in [0.15, 0.2) is 0 Å². The van der Waals surface area contributed by atoms with Crippen LogP contribution in [0.15, 0.2) is 15.0 Å². The van der Waals surface area contributed by atoms with Gasteiger partial charge >= 0.3 is 0 Å². The van der Waals surface area contributed by atoms with E-state index in [9.17, 15) is 0 Å². The summed E-state index contributed by atoms with van der Waals surface area (Å²) in [5.74, 6) is 1.95. The fourth-order valence-corrected chi connectivity index (χ4v) is 3.13. The van der Waals surface area contributed by atoms with Gasteiger partial charge in [-0.3, -0.25) is 4.68 Å². The van der Waals surface area contributed by atoms with E-state index in [2.05, 4.69) is 39.3 Å². The summed E-state index contributed by atoms with van der Waals surface area (Å²) in [6, 6.07) is 2.36. The van der Waals surface area contributed by atoms with Gasteiger partial charge in [-0.05, 0) is 49.3 Å². The van der Waals surface area contributed by atoms with Crippen molar-refractivity contribution in [3.8, 4) is 0 Å². The SMILES string of the molecule is CCNC(Cc1c(Br)c(C)nn1C)c1cc(C)oc1C. The number of aryl methyl sites for hydroxylation is 4. The molecule has 110 valence electrons. The van der Waals surface area contributed by atoms with Crippen LogP contribution in [0.4, 0.5) is 0 Å². The first kappa shape index (κ1) is 15.3. The molecule has 1 N–H and O–H groups in total. The summed E-state index contributed by atoms with van der Waals surface area (Å²) in [6.07, 6.45) is 0.881. The topological polar surface area (TPSA) is 43.0 Å². The number of nitrogens with one attached hydrogen (secondary N) is 1. The Balaban J connectivity index is 2.32. The molecule has 1 atom stereocenters. The van der Waals surface area contributed by atoms with Crippen molar-refractivity contribution in [2.45, 2.75) is 40.2 Å². The quantitative estimate of drug-likeness (QED) is 0.904. The summed E-state index contributed by atoms with van der Waals surface area (Å²) in [5, 5.41) is 8.01. The fourth-order valence-electron chi connectivity index (χ4n) is 2.63. The standard InChI is InChI=1S/C15H22BrN3O/c1-6-17-13(12-7-9(2)20-11(12)4)8-14-15(16)10(3)18-19(14)5/h7,13,17H,6,8H2,1-5H3. The van der Waals surface area contributed by atoms with E-state index < -0.39 is 0 Å². The van der Waals surface area contributed by atoms with Crippen LogP contribution in [-0.2, 0) is 13.5 Å². The highest BCUT2D eigenvalue weighted by atomic mass is 79.9. The normalized spacial score (nSPS) is 12.9. The van der Waals surface area contributed by atoms with Crippen molar-refractivity contribution in [3.05, 3.63) is 39.0 Å². The fraction of sp³-hybridized carbons (Fsp3) is 0.533. The molecule has 5 heteroatoms. The number of furan rings is 1. The van der Waals surface area contributed by atoms with Gasteiger partial charge in [0, 0.05) is 25.1 Å². The number of halogens is 1. The molecule has 0 bridgehead atoms. The van der Waals surface area contributed by atoms with Crippen molar-refractivity contribution < 1.29 is 4.42 Å². The number of hydrogen-bond donors (Lipinski definition) is 1. The van der Waals surface area contributed by atoms with Gasteiger partial charge in [0.2, 0.25) is 0 Å². The van der Waals surface area contributed by atoms with Gasteiger partial charge in [0.05, 0.1) is 15.9 Å². The minimum Gasteiger partial charge on any atom is -0.466 e. The highest BCUT2D eigenvalue weighted by Gasteiger charge is 2.21. The van der Waals surface area contributed by atoms with Crippen LogP contribution in [-0.4, -0.2) is 16.3 Å². The molecule has 0 aromatic carbocycles. The summed E-state index contributed by atoms with van der Waals surface area (Å²) < 4.78 is 8.72. The lowest BCUT2D eigenvalue weighted by Gasteiger charge is -2.18. The van der Waals surface area contributed by atoms with Crippen LogP contribution >= 0.6 is 15.9 Å². The Bertz CT molecular complexity index is 601. The average molecular weight is 340 g/mol. The molecule has 0 spiro atoms. The first-order valence-corrected chi connectivity index (χ1v) is 7.71. The second-order valence-electron chi connectivity index (χ2n) is 5.15. The molecule has 0 saturated carbocycles. The minimum atomic E-state index is 0.239. The van der Waals surface area contributed by atoms with Crippen molar-refractivity contribution in [2.24, 2.45) is 7.05 Å². The van der Waals surface area contributed by atoms with Gasteiger partial charge in [-0.1, -0.05) is 6.92 Å². The smallest absolute Gasteiger partial charge is 0.105 e. The summed E-state index contributed by atoms with van der Waals surface area (Å²) in [5.41, 5.74) is 3.46. The monoisotopic (exact) mass is 339 g/mol. The zero-order valence-electron chi connectivity index (χ0n) is 12.7. The molecule has 1 unspecified atom stereocenters. The number of nitrogens with zero attached hydrogens (tertiary/aromatic N) is 2. The van der Waals surface area contributed by atoms with Crippen molar-refractivity contribution >= 4 is 15.9 Å². The molecule has 0 saturated heterocycles. The largest absolute Gasteiger partial charge is 0.466 e. The molecule has 0 aliphatic rings. The summed E-state index contributed by atoms with van der Waals surface area (Å²) in [4.78, 5) is 0. The van der Waals surface area contributed by atoms with E-state index in [1.807, 2.05) is 32.5 Å². The number of rotatable bonds is 5. The van der Waals surface area contributed by atoms with Gasteiger partial charge in [-0.25, -0.2) is 0 Å². The zero-order valence-corrected chi connectivity index (χ0v) is 14.3.